The molecule has 2 rings (SSSR count). The number of hydrogen-bond donors (Lipinski definition) is 2. The average Bonchev–Trinajstić information content (AvgIpc) is 2.86. The smallest absolute Gasteiger partial charge is 0.315 e. The highest BCUT2D eigenvalue weighted by atomic mass is 16.5. The molecule has 0 unspecified atom stereocenters. The lowest BCUT2D eigenvalue weighted by Crippen LogP contribution is -2.43. The maximum absolute atomic E-state index is 12.5. The number of amides is 2. The van der Waals surface area contributed by atoms with Crippen molar-refractivity contribution in [3.8, 4) is 0 Å². The molecule has 2 aromatic rings. The molecule has 5 heteroatoms. The third-order valence-electron chi connectivity index (χ3n) is 4.28. The van der Waals surface area contributed by atoms with E-state index in [4.69, 9.17) is 4.52 Å². The van der Waals surface area contributed by atoms with E-state index in [2.05, 4.69) is 41.8 Å². The van der Waals surface area contributed by atoms with Crippen molar-refractivity contribution < 1.29 is 9.32 Å². The molecule has 0 fully saturated rings. The Morgan fingerprint density at radius 1 is 1.12 bits per heavy atom. The van der Waals surface area contributed by atoms with Crippen LogP contribution in [0.2, 0.25) is 0 Å². The fraction of sp³-hybridized carbons (Fsp3) is 0.500. The lowest BCUT2D eigenvalue weighted by molar-refractivity contribution is 0.232. The molecule has 0 bridgehead atoms. The molecule has 0 saturated heterocycles. The van der Waals surface area contributed by atoms with Crippen molar-refractivity contribution in [1.82, 2.24) is 15.8 Å². The number of aryl methyl sites for hydroxylation is 2. The van der Waals surface area contributed by atoms with Crippen LogP contribution in [0.15, 0.2) is 34.9 Å². The summed E-state index contributed by atoms with van der Waals surface area (Å²) < 4.78 is 5.19. The minimum atomic E-state index is -0.145. The van der Waals surface area contributed by atoms with E-state index in [1.807, 2.05) is 39.0 Å². The second-order valence-electron chi connectivity index (χ2n) is 7.12. The molecule has 1 aromatic carbocycles. The van der Waals surface area contributed by atoms with Crippen LogP contribution < -0.4 is 10.6 Å². The normalized spacial score (nSPS) is 13.5. The van der Waals surface area contributed by atoms with Crippen molar-refractivity contribution in [2.24, 2.45) is 5.92 Å². The number of rotatable bonds is 7. The molecule has 0 spiro atoms. The third-order valence-corrected chi connectivity index (χ3v) is 4.28. The number of carbonyl (C=O) groups is 1. The molecule has 2 atom stereocenters. The molecule has 0 aliphatic heterocycles. The zero-order valence-corrected chi connectivity index (χ0v) is 15.8. The van der Waals surface area contributed by atoms with Crippen LogP contribution in [0.3, 0.4) is 0 Å². The van der Waals surface area contributed by atoms with E-state index >= 15 is 0 Å². The number of urea groups is 1. The molecular weight excluding hydrogens is 314 g/mol. The zero-order chi connectivity index (χ0) is 18.4. The van der Waals surface area contributed by atoms with E-state index in [0.29, 0.717) is 12.3 Å². The molecule has 2 N–H and O–H groups in total. The Bertz CT molecular complexity index is 660. The van der Waals surface area contributed by atoms with Gasteiger partial charge in [-0.15, -0.1) is 0 Å². The molecule has 0 radical (unpaired) electrons. The Balaban J connectivity index is 1.96. The standard InChI is InChI=1S/C20H29N3O2/c1-13(2)11-19(17-9-7-6-8-10-17)22-20(24)21-14(3)12-18-15(4)23-25-16(18)5/h6-10,13-14,19H,11-12H2,1-5H3,(H2,21,22,24)/t14-,19+/m0/s1. The second-order valence-corrected chi connectivity index (χ2v) is 7.12. The van der Waals surface area contributed by atoms with Crippen molar-refractivity contribution in [2.75, 3.05) is 0 Å². The molecular formula is C20H29N3O2. The molecule has 1 aromatic heterocycles. The maximum Gasteiger partial charge on any atom is 0.315 e. The van der Waals surface area contributed by atoms with Gasteiger partial charge < -0.3 is 15.2 Å². The van der Waals surface area contributed by atoms with Crippen LogP contribution in [0, 0.1) is 19.8 Å². The van der Waals surface area contributed by atoms with E-state index < -0.39 is 0 Å². The van der Waals surface area contributed by atoms with E-state index in [-0.39, 0.29) is 18.1 Å². The predicted molar refractivity (Wildman–Crippen MR) is 99.4 cm³/mol. The van der Waals surface area contributed by atoms with Gasteiger partial charge in [-0.05, 0) is 45.1 Å². The summed E-state index contributed by atoms with van der Waals surface area (Å²) in [5.41, 5.74) is 3.08. The monoisotopic (exact) mass is 343 g/mol. The van der Waals surface area contributed by atoms with E-state index in [0.717, 1.165) is 29.0 Å². The summed E-state index contributed by atoms with van der Waals surface area (Å²) in [6.45, 7) is 10.1. The van der Waals surface area contributed by atoms with Crippen molar-refractivity contribution in [2.45, 2.75) is 59.5 Å². The summed E-state index contributed by atoms with van der Waals surface area (Å²) in [7, 11) is 0. The zero-order valence-electron chi connectivity index (χ0n) is 15.8. The number of carbonyl (C=O) groups excluding carboxylic acids is 1. The highest BCUT2D eigenvalue weighted by molar-refractivity contribution is 5.74. The van der Waals surface area contributed by atoms with Crippen molar-refractivity contribution in [1.29, 1.82) is 0 Å². The molecule has 0 aliphatic rings. The number of nitrogens with zero attached hydrogens (tertiary/aromatic N) is 1. The summed E-state index contributed by atoms with van der Waals surface area (Å²) in [6, 6.07) is 9.96. The lowest BCUT2D eigenvalue weighted by atomic mass is 9.97. The molecule has 2 amide bonds. The van der Waals surface area contributed by atoms with Gasteiger partial charge in [0.25, 0.3) is 0 Å². The third kappa shape index (κ3) is 5.62. The van der Waals surface area contributed by atoms with E-state index in [1.165, 1.54) is 0 Å². The van der Waals surface area contributed by atoms with Crippen LogP contribution >= 0.6 is 0 Å². The Labute approximate surface area is 150 Å². The first kappa shape index (κ1) is 19.0. The SMILES string of the molecule is Cc1noc(C)c1C[C@H](C)NC(=O)N[C@H](CC(C)C)c1ccccc1. The summed E-state index contributed by atoms with van der Waals surface area (Å²) in [6.07, 6.45) is 1.60. The van der Waals surface area contributed by atoms with Crippen LogP contribution in [0.5, 0.6) is 0 Å². The average molecular weight is 343 g/mol. The number of benzene rings is 1. The molecule has 5 nitrogen and oxygen atoms in total. The molecule has 25 heavy (non-hydrogen) atoms. The van der Waals surface area contributed by atoms with Gasteiger partial charge in [-0.1, -0.05) is 49.3 Å². The van der Waals surface area contributed by atoms with Crippen molar-refractivity contribution in [3.05, 3.63) is 52.9 Å². The summed E-state index contributed by atoms with van der Waals surface area (Å²) in [5.74, 6) is 1.30. The van der Waals surface area contributed by atoms with Crippen molar-refractivity contribution in [3.63, 3.8) is 0 Å². The van der Waals surface area contributed by atoms with Gasteiger partial charge in [0, 0.05) is 11.6 Å². The lowest BCUT2D eigenvalue weighted by Gasteiger charge is -2.23. The Morgan fingerprint density at radius 3 is 2.36 bits per heavy atom. The topological polar surface area (TPSA) is 67.2 Å². The maximum atomic E-state index is 12.5. The van der Waals surface area contributed by atoms with Crippen LogP contribution in [-0.4, -0.2) is 17.2 Å². The molecule has 0 saturated carbocycles. The largest absolute Gasteiger partial charge is 0.361 e. The van der Waals surface area contributed by atoms with Crippen molar-refractivity contribution >= 4 is 6.03 Å². The molecule has 136 valence electrons. The fourth-order valence-corrected chi connectivity index (χ4v) is 3.01. The van der Waals surface area contributed by atoms with Gasteiger partial charge in [-0.25, -0.2) is 4.79 Å². The first-order chi connectivity index (χ1) is 11.9. The predicted octanol–water partition coefficient (Wildman–Crippen LogP) is 4.31. The van der Waals surface area contributed by atoms with Crippen LogP contribution in [0.1, 0.15) is 55.8 Å². The van der Waals surface area contributed by atoms with Gasteiger partial charge in [0.2, 0.25) is 0 Å². The number of nitrogens with one attached hydrogen (secondary N) is 2. The highest BCUT2D eigenvalue weighted by Gasteiger charge is 2.18. The first-order valence-electron chi connectivity index (χ1n) is 8.90. The minimum absolute atomic E-state index is 0.00691. The summed E-state index contributed by atoms with van der Waals surface area (Å²) in [5, 5.41) is 10.1. The van der Waals surface area contributed by atoms with E-state index in [9.17, 15) is 4.79 Å². The Morgan fingerprint density at radius 2 is 1.80 bits per heavy atom. The minimum Gasteiger partial charge on any atom is -0.361 e. The summed E-state index contributed by atoms with van der Waals surface area (Å²) in [4.78, 5) is 12.5. The molecule has 0 aliphatic carbocycles. The number of hydrogen-bond acceptors (Lipinski definition) is 3. The van der Waals surface area contributed by atoms with Gasteiger partial charge in [0.05, 0.1) is 11.7 Å². The fourth-order valence-electron chi connectivity index (χ4n) is 3.01. The Hall–Kier alpha value is -2.30. The van der Waals surface area contributed by atoms with Gasteiger partial charge >= 0.3 is 6.03 Å². The first-order valence-corrected chi connectivity index (χ1v) is 8.90. The van der Waals surface area contributed by atoms with Crippen LogP contribution in [0.25, 0.3) is 0 Å². The highest BCUT2D eigenvalue weighted by Crippen LogP contribution is 2.21. The van der Waals surface area contributed by atoms with Gasteiger partial charge in [0.1, 0.15) is 5.76 Å². The van der Waals surface area contributed by atoms with Crippen LogP contribution in [-0.2, 0) is 6.42 Å². The van der Waals surface area contributed by atoms with E-state index in [1.54, 1.807) is 0 Å². The van der Waals surface area contributed by atoms with Crippen LogP contribution in [0.4, 0.5) is 4.79 Å². The second kappa shape index (κ2) is 8.70. The van der Waals surface area contributed by atoms with Gasteiger partial charge in [0.15, 0.2) is 0 Å². The van der Waals surface area contributed by atoms with Gasteiger partial charge in [-0.3, -0.25) is 0 Å². The number of aromatic nitrogens is 1. The Kier molecular flexibility index (Phi) is 6.62. The summed E-state index contributed by atoms with van der Waals surface area (Å²) >= 11 is 0. The molecule has 1 heterocycles. The quantitative estimate of drug-likeness (QED) is 0.787. The van der Waals surface area contributed by atoms with Gasteiger partial charge in [-0.2, -0.15) is 0 Å².